The molecule has 2 heterocycles. The van der Waals surface area contributed by atoms with Crippen LogP contribution in [0.3, 0.4) is 0 Å². The smallest absolute Gasteiger partial charge is 0.203 e. The highest BCUT2D eigenvalue weighted by molar-refractivity contribution is 7.17. The van der Waals surface area contributed by atoms with Gasteiger partial charge >= 0.3 is 0 Å². The Hall–Kier alpha value is -3.58. The molecule has 2 aromatic carbocycles. The summed E-state index contributed by atoms with van der Waals surface area (Å²) in [4.78, 5) is 29.8. The summed E-state index contributed by atoms with van der Waals surface area (Å²) < 4.78 is 16.1. The van der Waals surface area contributed by atoms with Crippen molar-refractivity contribution in [3.63, 3.8) is 0 Å². The lowest BCUT2D eigenvalue weighted by Crippen LogP contribution is -2.03. The summed E-state index contributed by atoms with van der Waals surface area (Å²) in [6, 6.07) is 12.9. The zero-order valence-corrected chi connectivity index (χ0v) is 18.4. The molecule has 0 fully saturated rings. The van der Waals surface area contributed by atoms with Crippen LogP contribution >= 0.6 is 11.3 Å². The first-order valence-corrected chi connectivity index (χ1v) is 10.4. The lowest BCUT2D eigenvalue weighted by atomic mass is 10.0. The highest BCUT2D eigenvalue weighted by Gasteiger charge is 2.20. The third-order valence-corrected chi connectivity index (χ3v) is 6.33. The standard InChI is InChI=1S/C24H21NO5S/c1-13(26)21-7-8-22(31-21)14-5-6-16-17(12-25-18(16)9-14)23(27)15-10-19(28-2)24(30-4)20(11-15)29-3/h5-12,25H,1-4H3. The van der Waals surface area contributed by atoms with Crippen LogP contribution in [0, 0.1) is 0 Å². The van der Waals surface area contributed by atoms with E-state index in [2.05, 4.69) is 4.98 Å². The van der Waals surface area contributed by atoms with Crippen molar-refractivity contribution in [3.8, 4) is 27.7 Å². The van der Waals surface area contributed by atoms with Gasteiger partial charge in [0.2, 0.25) is 5.75 Å². The molecule has 2 aromatic heterocycles. The summed E-state index contributed by atoms with van der Waals surface area (Å²) >= 11 is 1.45. The van der Waals surface area contributed by atoms with Gasteiger partial charge in [-0.3, -0.25) is 9.59 Å². The maximum absolute atomic E-state index is 13.3. The predicted octanol–water partition coefficient (Wildman–Crippen LogP) is 5.36. The molecule has 4 aromatic rings. The van der Waals surface area contributed by atoms with Crippen molar-refractivity contribution in [2.45, 2.75) is 6.92 Å². The SMILES string of the molecule is COc1cc(C(=O)c2c[nH]c3cc(-c4ccc(C(C)=O)s4)ccc23)cc(OC)c1OC. The number of aromatic amines is 1. The van der Waals surface area contributed by atoms with E-state index in [0.717, 1.165) is 26.2 Å². The van der Waals surface area contributed by atoms with E-state index in [9.17, 15) is 9.59 Å². The van der Waals surface area contributed by atoms with Gasteiger partial charge in [0.25, 0.3) is 0 Å². The van der Waals surface area contributed by atoms with E-state index < -0.39 is 0 Å². The molecule has 6 nitrogen and oxygen atoms in total. The number of Topliss-reactive ketones (excluding diaryl/α,β-unsaturated/α-hetero) is 1. The highest BCUT2D eigenvalue weighted by Crippen LogP contribution is 2.39. The summed E-state index contributed by atoms with van der Waals surface area (Å²) in [5.74, 6) is 1.17. The number of carbonyl (C=O) groups is 2. The number of ketones is 2. The van der Waals surface area contributed by atoms with Gasteiger partial charge in [-0.15, -0.1) is 11.3 Å². The number of benzene rings is 2. The Kier molecular flexibility index (Phi) is 5.52. The molecule has 1 N–H and O–H groups in total. The number of aromatic nitrogens is 1. The first kappa shape index (κ1) is 20.7. The first-order valence-electron chi connectivity index (χ1n) is 9.53. The molecular weight excluding hydrogens is 414 g/mol. The van der Waals surface area contributed by atoms with Crippen LogP contribution in [0.4, 0.5) is 0 Å². The molecule has 0 atom stereocenters. The summed E-state index contributed by atoms with van der Waals surface area (Å²) in [5, 5.41) is 0.811. The number of fused-ring (bicyclic) bond motifs is 1. The number of hydrogen-bond donors (Lipinski definition) is 1. The van der Waals surface area contributed by atoms with Crippen LogP contribution in [0.15, 0.2) is 48.7 Å². The third kappa shape index (κ3) is 3.68. The van der Waals surface area contributed by atoms with Gasteiger partial charge in [0.15, 0.2) is 23.1 Å². The zero-order valence-electron chi connectivity index (χ0n) is 17.6. The lowest BCUT2D eigenvalue weighted by molar-refractivity contribution is 0.101. The number of H-pyrrole nitrogens is 1. The molecule has 31 heavy (non-hydrogen) atoms. The number of thiophene rings is 1. The van der Waals surface area contributed by atoms with Gasteiger partial charge in [0.05, 0.1) is 26.2 Å². The van der Waals surface area contributed by atoms with Crippen LogP contribution in [-0.4, -0.2) is 37.9 Å². The van der Waals surface area contributed by atoms with E-state index >= 15 is 0 Å². The van der Waals surface area contributed by atoms with Crippen molar-refractivity contribution in [1.82, 2.24) is 4.98 Å². The minimum Gasteiger partial charge on any atom is -0.493 e. The number of methoxy groups -OCH3 is 3. The van der Waals surface area contributed by atoms with E-state index in [-0.39, 0.29) is 11.6 Å². The number of carbonyl (C=O) groups excluding carboxylic acids is 2. The minimum atomic E-state index is -0.159. The fraction of sp³-hybridized carbons (Fsp3) is 0.167. The molecular formula is C24H21NO5S. The van der Waals surface area contributed by atoms with Crippen molar-refractivity contribution in [2.24, 2.45) is 0 Å². The van der Waals surface area contributed by atoms with E-state index in [4.69, 9.17) is 14.2 Å². The molecule has 0 aliphatic carbocycles. The molecule has 0 saturated carbocycles. The predicted molar refractivity (Wildman–Crippen MR) is 121 cm³/mol. The number of hydrogen-bond acceptors (Lipinski definition) is 6. The zero-order chi connectivity index (χ0) is 22.1. The van der Waals surface area contributed by atoms with Gasteiger partial charge in [-0.2, -0.15) is 0 Å². The average Bonchev–Trinajstić information content (AvgIpc) is 3.44. The molecule has 0 saturated heterocycles. The highest BCUT2D eigenvalue weighted by atomic mass is 32.1. The average molecular weight is 436 g/mol. The van der Waals surface area contributed by atoms with Gasteiger partial charge in [-0.1, -0.05) is 12.1 Å². The second-order valence-electron chi connectivity index (χ2n) is 6.93. The second-order valence-corrected chi connectivity index (χ2v) is 8.01. The van der Waals surface area contributed by atoms with Crippen molar-refractivity contribution < 1.29 is 23.8 Å². The summed E-state index contributed by atoms with van der Waals surface area (Å²) in [7, 11) is 4.55. The van der Waals surface area contributed by atoms with Crippen molar-refractivity contribution >= 4 is 33.8 Å². The molecule has 0 amide bonds. The van der Waals surface area contributed by atoms with Crippen LogP contribution < -0.4 is 14.2 Å². The number of nitrogens with one attached hydrogen (secondary N) is 1. The molecule has 4 rings (SSSR count). The van der Waals surface area contributed by atoms with E-state index in [1.54, 1.807) is 25.3 Å². The second kappa shape index (κ2) is 8.28. The van der Waals surface area contributed by atoms with Crippen LogP contribution in [0.5, 0.6) is 17.2 Å². The lowest BCUT2D eigenvalue weighted by Gasteiger charge is -2.13. The van der Waals surface area contributed by atoms with E-state index in [1.807, 2.05) is 30.3 Å². The van der Waals surface area contributed by atoms with Crippen LogP contribution in [-0.2, 0) is 0 Å². The summed E-state index contributed by atoms with van der Waals surface area (Å²) in [6.07, 6.45) is 1.70. The molecule has 7 heteroatoms. The fourth-order valence-electron chi connectivity index (χ4n) is 3.52. The van der Waals surface area contributed by atoms with Gasteiger partial charge in [-0.25, -0.2) is 0 Å². The largest absolute Gasteiger partial charge is 0.493 e. The first-order chi connectivity index (χ1) is 15.0. The summed E-state index contributed by atoms with van der Waals surface area (Å²) in [6.45, 7) is 1.56. The fourth-order valence-corrected chi connectivity index (χ4v) is 4.41. The summed E-state index contributed by atoms with van der Waals surface area (Å²) in [5.41, 5.74) is 2.81. The van der Waals surface area contributed by atoms with E-state index in [0.29, 0.717) is 28.4 Å². The molecule has 0 bridgehead atoms. The van der Waals surface area contributed by atoms with Crippen molar-refractivity contribution in [2.75, 3.05) is 21.3 Å². The Morgan fingerprint density at radius 1 is 0.903 bits per heavy atom. The van der Waals surface area contributed by atoms with Gasteiger partial charge in [0, 0.05) is 33.1 Å². The Morgan fingerprint density at radius 3 is 2.19 bits per heavy atom. The quantitative estimate of drug-likeness (QED) is 0.396. The Labute approximate surface area is 183 Å². The van der Waals surface area contributed by atoms with Crippen LogP contribution in [0.25, 0.3) is 21.3 Å². The maximum Gasteiger partial charge on any atom is 0.203 e. The number of rotatable bonds is 7. The van der Waals surface area contributed by atoms with Crippen molar-refractivity contribution in [3.05, 3.63) is 64.7 Å². The third-order valence-electron chi connectivity index (χ3n) is 5.09. The Balaban J connectivity index is 1.73. The molecule has 0 aliphatic heterocycles. The normalized spacial score (nSPS) is 10.8. The van der Waals surface area contributed by atoms with Gasteiger partial charge in [-0.05, 0) is 42.8 Å². The van der Waals surface area contributed by atoms with E-state index in [1.165, 1.54) is 32.7 Å². The maximum atomic E-state index is 13.3. The monoisotopic (exact) mass is 435 g/mol. The minimum absolute atomic E-state index is 0.0513. The number of ether oxygens (including phenoxy) is 3. The van der Waals surface area contributed by atoms with Crippen LogP contribution in [0.2, 0.25) is 0 Å². The molecule has 0 spiro atoms. The topological polar surface area (TPSA) is 77.6 Å². The Morgan fingerprint density at radius 2 is 1.61 bits per heavy atom. The van der Waals surface area contributed by atoms with Gasteiger partial charge in [0.1, 0.15) is 0 Å². The van der Waals surface area contributed by atoms with Crippen LogP contribution in [0.1, 0.15) is 32.5 Å². The van der Waals surface area contributed by atoms with Gasteiger partial charge < -0.3 is 19.2 Å². The van der Waals surface area contributed by atoms with Crippen molar-refractivity contribution in [1.29, 1.82) is 0 Å². The Bertz CT molecular complexity index is 1280. The molecule has 0 unspecified atom stereocenters. The molecule has 0 radical (unpaired) electrons. The molecule has 0 aliphatic rings. The molecule has 158 valence electrons.